The molecule has 0 bridgehead atoms. The van der Waals surface area contributed by atoms with Crippen molar-refractivity contribution in [1.29, 1.82) is 0 Å². The largest absolute Gasteiger partial charge is 1.00 e. The molecule has 1 heteroatoms. The number of allylic oxidation sites excluding steroid dienone is 8. The van der Waals surface area contributed by atoms with Crippen LogP contribution >= 0.6 is 0 Å². The second kappa shape index (κ2) is 5.51. The molecule has 0 radical (unpaired) electrons. The second-order valence-corrected chi connectivity index (χ2v) is 9.29. The first-order valence-corrected chi connectivity index (χ1v) is 9.25. The Labute approximate surface area is 115 Å². The van der Waals surface area contributed by atoms with Gasteiger partial charge in [0.2, 0.25) is 0 Å². The molecule has 0 aliphatic heterocycles. The fraction of sp³-hybridized carbons (Fsp3) is 0.500. The third kappa shape index (κ3) is 2.90. The molecular weight excluding hydrogens is 378 g/mol. The van der Waals surface area contributed by atoms with E-state index in [1.165, 1.54) is 12.8 Å². The second-order valence-electron chi connectivity index (χ2n) is 5.34. The van der Waals surface area contributed by atoms with Gasteiger partial charge in [0.05, 0.1) is 0 Å². The van der Waals surface area contributed by atoms with E-state index < -0.39 is 0 Å². The topological polar surface area (TPSA) is 0 Å². The van der Waals surface area contributed by atoms with Crippen LogP contribution in [0.5, 0.6) is 0 Å². The monoisotopic (exact) mass is 402 g/mol. The van der Waals surface area contributed by atoms with Crippen molar-refractivity contribution in [3.63, 3.8) is 0 Å². The summed E-state index contributed by atoms with van der Waals surface area (Å²) in [5.41, 5.74) is 3.29. The molecule has 0 nitrogen and oxygen atoms in total. The average molecular weight is 402 g/mol. The van der Waals surface area contributed by atoms with Crippen molar-refractivity contribution in [2.24, 2.45) is 11.8 Å². The van der Waals surface area contributed by atoms with Crippen LogP contribution in [0.2, 0.25) is 0 Å². The third-order valence-electron chi connectivity index (χ3n) is 3.29. The quantitative estimate of drug-likeness (QED) is 0.627. The summed E-state index contributed by atoms with van der Waals surface area (Å²) in [7, 11) is 0. The van der Waals surface area contributed by atoms with Gasteiger partial charge in [0.15, 0.2) is 0 Å². The van der Waals surface area contributed by atoms with Crippen LogP contribution in [-0.2, 0) is 18.0 Å². The van der Waals surface area contributed by atoms with Crippen molar-refractivity contribution in [3.05, 3.63) is 43.5 Å². The molecule has 0 amide bonds. The summed E-state index contributed by atoms with van der Waals surface area (Å²) in [6.07, 6.45) is 11.9. The molecule has 95 valence electrons. The van der Waals surface area contributed by atoms with Crippen molar-refractivity contribution in [3.8, 4) is 0 Å². The van der Waals surface area contributed by atoms with E-state index in [1.54, 1.807) is 19.2 Å². The first-order chi connectivity index (χ1) is 8.09. The number of hydrogen-bond donors (Lipinski definition) is 0. The Morgan fingerprint density at radius 3 is 1.65 bits per heavy atom. The fourth-order valence-electron chi connectivity index (χ4n) is 2.33. The summed E-state index contributed by atoms with van der Waals surface area (Å²) in [6.45, 7) is 9.30. The minimum absolute atomic E-state index is 0. The number of hydrogen-bond acceptors (Lipinski definition) is 0. The minimum Gasteiger partial charge on any atom is -1.00 e. The van der Waals surface area contributed by atoms with Crippen molar-refractivity contribution in [1.82, 2.24) is 0 Å². The predicted molar refractivity (Wildman–Crippen MR) is 72.4 cm³/mol. The molecule has 2 aliphatic carbocycles. The average Bonchev–Trinajstić information content (AvgIpc) is 2.86. The minimum atomic E-state index is -0.320. The molecule has 0 saturated carbocycles. The van der Waals surface area contributed by atoms with Gasteiger partial charge < -0.3 is 1.43 Å². The Hall–Kier alpha value is -0.378. The zero-order valence-corrected chi connectivity index (χ0v) is 14.0. The van der Waals surface area contributed by atoms with Gasteiger partial charge in [-0.05, 0) is 0 Å². The van der Waals surface area contributed by atoms with Crippen LogP contribution in [0.3, 0.4) is 0 Å². The van der Waals surface area contributed by atoms with Gasteiger partial charge in [0.1, 0.15) is 0 Å². The summed E-state index contributed by atoms with van der Waals surface area (Å²) in [6, 6.07) is 0. The van der Waals surface area contributed by atoms with Crippen LogP contribution in [0.15, 0.2) is 43.5 Å². The molecule has 0 aromatic heterocycles. The number of rotatable bonds is 4. The van der Waals surface area contributed by atoms with Crippen molar-refractivity contribution < 1.29 is 19.4 Å². The molecular formula is C16H23Re-. The van der Waals surface area contributed by atoms with Gasteiger partial charge in [0, 0.05) is 0 Å². The van der Waals surface area contributed by atoms with Crippen molar-refractivity contribution >= 4 is 0 Å². The smallest absolute Gasteiger partial charge is 1.00 e. The van der Waals surface area contributed by atoms with Gasteiger partial charge in [-0.25, -0.2) is 0 Å². The van der Waals surface area contributed by atoms with Gasteiger partial charge in [0.25, 0.3) is 0 Å². The predicted octanol–water partition coefficient (Wildman–Crippen LogP) is 4.92. The molecule has 0 aromatic carbocycles. The van der Waals surface area contributed by atoms with Gasteiger partial charge >= 0.3 is 114 Å². The van der Waals surface area contributed by atoms with E-state index in [2.05, 4.69) is 52.0 Å². The first-order valence-electron chi connectivity index (χ1n) is 6.53. The summed E-state index contributed by atoms with van der Waals surface area (Å²) < 4.78 is 3.61. The maximum atomic E-state index is 2.37. The molecule has 0 unspecified atom stereocenters. The standard InChI is InChI=1S/2C8H11.Re.H/c2*1-7(2)8-5-3-4-6-8;;/h2*3,5,7H,4H2,1-2H3;;/q;;;-1. The van der Waals surface area contributed by atoms with Crippen LogP contribution in [0.1, 0.15) is 42.0 Å². The molecule has 0 fully saturated rings. The Morgan fingerprint density at radius 2 is 1.29 bits per heavy atom. The molecule has 17 heavy (non-hydrogen) atoms. The summed E-state index contributed by atoms with van der Waals surface area (Å²) in [5.74, 6) is 1.41. The zero-order chi connectivity index (χ0) is 12.4. The summed E-state index contributed by atoms with van der Waals surface area (Å²) in [5, 5.41) is 0. The Morgan fingerprint density at radius 1 is 0.882 bits per heavy atom. The normalized spacial score (nSPS) is 19.6. The molecule has 0 saturated heterocycles. The third-order valence-corrected chi connectivity index (χ3v) is 7.60. The van der Waals surface area contributed by atoms with E-state index in [4.69, 9.17) is 0 Å². The van der Waals surface area contributed by atoms with Crippen LogP contribution in [-0.4, -0.2) is 0 Å². The maximum absolute atomic E-state index is 2.37. The van der Waals surface area contributed by atoms with E-state index in [1.807, 2.05) is 0 Å². The van der Waals surface area contributed by atoms with Crippen LogP contribution in [0.4, 0.5) is 0 Å². The van der Waals surface area contributed by atoms with Gasteiger partial charge in [-0.15, -0.1) is 0 Å². The molecule has 0 spiro atoms. The van der Waals surface area contributed by atoms with Crippen LogP contribution < -0.4 is 0 Å². The van der Waals surface area contributed by atoms with E-state index in [0.717, 1.165) is 0 Å². The van der Waals surface area contributed by atoms with E-state index in [0.29, 0.717) is 11.8 Å². The van der Waals surface area contributed by atoms with Crippen molar-refractivity contribution in [2.45, 2.75) is 40.5 Å². The first kappa shape index (κ1) is 13.1. The SMILES string of the molecule is CC(C)C1=[C]([Re][C]2=C(C(C)C)C=CC2)CC=C1.[H-]. The Balaban J connectivity index is 0.00000162. The molecule has 0 aromatic rings. The fourth-order valence-corrected chi connectivity index (χ4v) is 7.32. The van der Waals surface area contributed by atoms with Crippen LogP contribution in [0.25, 0.3) is 0 Å². The Kier molecular flexibility index (Phi) is 4.23. The van der Waals surface area contributed by atoms with Crippen molar-refractivity contribution in [2.75, 3.05) is 0 Å². The summed E-state index contributed by atoms with van der Waals surface area (Å²) in [4.78, 5) is 0. The van der Waals surface area contributed by atoms with E-state index in [-0.39, 0.29) is 19.4 Å². The van der Waals surface area contributed by atoms with Gasteiger partial charge in [-0.1, -0.05) is 0 Å². The molecule has 2 aliphatic rings. The van der Waals surface area contributed by atoms with E-state index >= 15 is 0 Å². The van der Waals surface area contributed by atoms with Crippen LogP contribution in [0, 0.1) is 11.8 Å². The molecule has 0 atom stereocenters. The maximum Gasteiger partial charge on any atom is -1.00 e. The molecule has 0 N–H and O–H groups in total. The molecule has 2 rings (SSSR count). The molecule has 0 heterocycles. The van der Waals surface area contributed by atoms with Gasteiger partial charge in [-0.2, -0.15) is 0 Å². The zero-order valence-electron chi connectivity index (χ0n) is 12.3. The van der Waals surface area contributed by atoms with Gasteiger partial charge in [-0.3, -0.25) is 0 Å². The Bertz CT molecular complexity index is 382. The summed E-state index contributed by atoms with van der Waals surface area (Å²) >= 11 is -0.320. The van der Waals surface area contributed by atoms with E-state index in [9.17, 15) is 0 Å².